The summed E-state index contributed by atoms with van der Waals surface area (Å²) < 4.78 is 0. The summed E-state index contributed by atoms with van der Waals surface area (Å²) in [5.74, 6) is -5.42. The molecule has 0 aliphatic rings. The van der Waals surface area contributed by atoms with Crippen molar-refractivity contribution in [2.24, 2.45) is 28.1 Å². The fraction of sp³-hybridized carbons (Fsp3) is 0.591. The van der Waals surface area contributed by atoms with Crippen molar-refractivity contribution in [3.63, 3.8) is 0 Å². The van der Waals surface area contributed by atoms with Crippen LogP contribution >= 0.6 is 0 Å². The Balaban J connectivity index is 3.01. The molecule has 4 atom stereocenters. The number of guanidine groups is 1. The molecule has 0 spiro atoms. The lowest BCUT2D eigenvalue weighted by Crippen LogP contribution is -2.57. The Hall–Kier alpha value is -4.21. The van der Waals surface area contributed by atoms with Crippen molar-refractivity contribution < 1.29 is 34.2 Å². The number of carboxylic acids is 2. The van der Waals surface area contributed by atoms with Crippen LogP contribution in [0.3, 0.4) is 0 Å². The fourth-order valence-corrected chi connectivity index (χ4v) is 3.40. The molecule has 1 aromatic rings. The molecular weight excluding hydrogens is 502 g/mol. The lowest BCUT2D eigenvalue weighted by Gasteiger charge is -2.26. The first-order chi connectivity index (χ1) is 17.8. The number of nitrogens with one attached hydrogen (secondary N) is 4. The Labute approximate surface area is 219 Å². The number of nitrogens with zero attached hydrogens (tertiary/aromatic N) is 2. The number of hydrogen-bond acceptors (Lipinski definition) is 8. The van der Waals surface area contributed by atoms with Gasteiger partial charge < -0.3 is 48.3 Å². The number of aliphatic imine (C=N–C) groups is 1. The Kier molecular flexibility index (Phi) is 13.2. The number of carboxylic acid groups (broad SMARTS) is 2. The van der Waals surface area contributed by atoms with Gasteiger partial charge in [0.05, 0.1) is 18.8 Å². The number of imidazole rings is 1. The zero-order chi connectivity index (χ0) is 28.8. The van der Waals surface area contributed by atoms with E-state index >= 15 is 0 Å². The van der Waals surface area contributed by atoms with E-state index in [0.29, 0.717) is 12.1 Å². The van der Waals surface area contributed by atoms with Crippen LogP contribution in [-0.4, -0.2) is 86.5 Å². The second kappa shape index (κ2) is 15.8. The Morgan fingerprint density at radius 2 is 1.61 bits per heavy atom. The number of carbonyl (C=O) groups excluding carboxylic acids is 3. The summed E-state index contributed by atoms with van der Waals surface area (Å²) in [4.78, 5) is 71.6. The first-order valence-corrected chi connectivity index (χ1v) is 11.9. The van der Waals surface area contributed by atoms with Crippen LogP contribution in [0.1, 0.15) is 45.2 Å². The molecule has 4 unspecified atom stereocenters. The van der Waals surface area contributed by atoms with Gasteiger partial charge in [0.15, 0.2) is 5.96 Å². The summed E-state index contributed by atoms with van der Waals surface area (Å²) in [6, 6.07) is -5.03. The summed E-state index contributed by atoms with van der Waals surface area (Å²) >= 11 is 0. The molecule has 3 amide bonds. The minimum Gasteiger partial charge on any atom is -0.481 e. The molecule has 0 saturated carbocycles. The van der Waals surface area contributed by atoms with Gasteiger partial charge in [0.25, 0.3) is 0 Å². The number of aliphatic carboxylic acids is 2. The largest absolute Gasteiger partial charge is 0.481 e. The topological polar surface area (TPSA) is 281 Å². The van der Waals surface area contributed by atoms with Crippen LogP contribution in [0, 0.1) is 5.92 Å². The molecule has 1 rings (SSSR count). The number of nitrogens with two attached hydrogens (primary N) is 3. The molecule has 0 saturated heterocycles. The maximum absolute atomic E-state index is 13.2. The van der Waals surface area contributed by atoms with Crippen LogP contribution in [0.2, 0.25) is 0 Å². The quantitative estimate of drug-likeness (QED) is 0.0561. The van der Waals surface area contributed by atoms with Gasteiger partial charge in [-0.15, -0.1) is 0 Å². The van der Waals surface area contributed by atoms with Crippen molar-refractivity contribution in [1.29, 1.82) is 0 Å². The molecule has 0 aliphatic carbocycles. The van der Waals surface area contributed by atoms with Gasteiger partial charge in [-0.3, -0.25) is 24.2 Å². The van der Waals surface area contributed by atoms with Crippen molar-refractivity contribution in [2.45, 2.75) is 70.1 Å². The maximum Gasteiger partial charge on any atom is 0.326 e. The van der Waals surface area contributed by atoms with Gasteiger partial charge in [-0.05, 0) is 25.2 Å². The molecule has 0 radical (unpaired) electrons. The molecule has 38 heavy (non-hydrogen) atoms. The summed E-state index contributed by atoms with van der Waals surface area (Å²) in [6.07, 6.45) is 2.74. The lowest BCUT2D eigenvalue weighted by molar-refractivity contribution is -0.147. The van der Waals surface area contributed by atoms with Gasteiger partial charge >= 0.3 is 11.9 Å². The highest BCUT2D eigenvalue weighted by molar-refractivity contribution is 5.94. The summed E-state index contributed by atoms with van der Waals surface area (Å²) in [7, 11) is 0. The molecule has 16 nitrogen and oxygen atoms in total. The van der Waals surface area contributed by atoms with Gasteiger partial charge in [0, 0.05) is 24.9 Å². The van der Waals surface area contributed by atoms with Crippen LogP contribution in [-0.2, 0) is 30.4 Å². The Morgan fingerprint density at radius 3 is 2.13 bits per heavy atom. The Morgan fingerprint density at radius 1 is 1.00 bits per heavy atom. The predicted octanol–water partition coefficient (Wildman–Crippen LogP) is -2.61. The maximum atomic E-state index is 13.2. The smallest absolute Gasteiger partial charge is 0.326 e. The van der Waals surface area contributed by atoms with Crippen LogP contribution in [0.5, 0.6) is 0 Å². The fourth-order valence-electron chi connectivity index (χ4n) is 3.40. The molecular formula is C22H37N9O7. The number of carbonyl (C=O) groups is 5. The summed E-state index contributed by atoms with van der Waals surface area (Å²) in [5.41, 5.74) is 17.2. The van der Waals surface area contributed by atoms with Gasteiger partial charge in [0.1, 0.15) is 18.1 Å². The van der Waals surface area contributed by atoms with Crippen molar-refractivity contribution in [3.8, 4) is 0 Å². The third kappa shape index (κ3) is 12.2. The minimum absolute atomic E-state index is 0.0952. The van der Waals surface area contributed by atoms with E-state index in [1.807, 2.05) is 0 Å². The normalized spacial score (nSPS) is 14.0. The van der Waals surface area contributed by atoms with E-state index in [1.165, 1.54) is 12.5 Å². The SMILES string of the molecule is CC(C)CC(NC(=O)C(CCCN=C(N)N)NC(=O)C(N)Cc1cnc[nH]1)C(=O)NC(CC(=O)O)C(=O)O. The van der Waals surface area contributed by atoms with Gasteiger partial charge in [-0.25, -0.2) is 9.78 Å². The van der Waals surface area contributed by atoms with Crippen LogP contribution in [0.15, 0.2) is 17.5 Å². The number of hydrogen-bond donors (Lipinski definition) is 9. The van der Waals surface area contributed by atoms with E-state index in [2.05, 4.69) is 30.9 Å². The van der Waals surface area contributed by atoms with Crippen LogP contribution in [0.4, 0.5) is 0 Å². The molecule has 0 aromatic carbocycles. The number of amides is 3. The highest BCUT2D eigenvalue weighted by Crippen LogP contribution is 2.09. The van der Waals surface area contributed by atoms with Crippen molar-refractivity contribution in [1.82, 2.24) is 25.9 Å². The van der Waals surface area contributed by atoms with Crippen molar-refractivity contribution >= 4 is 35.6 Å². The lowest BCUT2D eigenvalue weighted by atomic mass is 10.0. The van der Waals surface area contributed by atoms with E-state index in [0.717, 1.165) is 0 Å². The number of aromatic amines is 1. The second-order valence-electron chi connectivity index (χ2n) is 9.09. The van der Waals surface area contributed by atoms with E-state index in [1.54, 1.807) is 13.8 Å². The van der Waals surface area contributed by atoms with Crippen molar-refractivity contribution in [2.75, 3.05) is 6.54 Å². The first kappa shape index (κ1) is 31.8. The highest BCUT2D eigenvalue weighted by atomic mass is 16.4. The van der Waals surface area contributed by atoms with E-state index < -0.39 is 60.2 Å². The zero-order valence-corrected chi connectivity index (χ0v) is 21.3. The molecule has 12 N–H and O–H groups in total. The molecule has 16 heteroatoms. The number of H-pyrrole nitrogens is 1. The zero-order valence-electron chi connectivity index (χ0n) is 21.3. The summed E-state index contributed by atoms with van der Waals surface area (Å²) in [5, 5.41) is 25.4. The molecule has 0 aliphatic heterocycles. The summed E-state index contributed by atoms with van der Waals surface area (Å²) in [6.45, 7) is 3.73. The molecule has 1 aromatic heterocycles. The monoisotopic (exact) mass is 539 g/mol. The van der Waals surface area contributed by atoms with E-state index in [-0.39, 0.29) is 37.7 Å². The number of aromatic nitrogens is 2. The molecule has 212 valence electrons. The molecule has 0 bridgehead atoms. The Bertz CT molecular complexity index is 978. The van der Waals surface area contributed by atoms with Gasteiger partial charge in [-0.2, -0.15) is 0 Å². The average Bonchev–Trinajstić information content (AvgIpc) is 3.32. The highest BCUT2D eigenvalue weighted by Gasteiger charge is 2.31. The van der Waals surface area contributed by atoms with Crippen LogP contribution in [0.25, 0.3) is 0 Å². The average molecular weight is 540 g/mol. The van der Waals surface area contributed by atoms with Gasteiger partial charge in [0.2, 0.25) is 17.7 Å². The van der Waals surface area contributed by atoms with Crippen LogP contribution < -0.4 is 33.2 Å². The van der Waals surface area contributed by atoms with E-state index in [9.17, 15) is 29.1 Å². The van der Waals surface area contributed by atoms with Crippen molar-refractivity contribution in [3.05, 3.63) is 18.2 Å². The number of rotatable bonds is 17. The standard InChI is InChI=1S/C22H37N9O7/c1-11(2)6-15(20(36)31-16(21(37)38)8-17(32)33)30-19(35)14(4-3-5-27-22(24)25)29-18(34)13(23)7-12-9-26-10-28-12/h9-11,13-16H,3-8,23H2,1-2H3,(H,26,28)(H,29,34)(H,30,35)(H,31,36)(H,32,33)(H,37,38)(H4,24,25,27). The van der Waals surface area contributed by atoms with E-state index in [4.69, 9.17) is 22.3 Å². The third-order valence-corrected chi connectivity index (χ3v) is 5.24. The predicted molar refractivity (Wildman–Crippen MR) is 135 cm³/mol. The molecule has 0 fully saturated rings. The minimum atomic E-state index is -1.69. The molecule has 1 heterocycles. The second-order valence-corrected chi connectivity index (χ2v) is 9.09. The third-order valence-electron chi connectivity index (χ3n) is 5.24. The van der Waals surface area contributed by atoms with Gasteiger partial charge in [-0.1, -0.05) is 13.8 Å². The first-order valence-electron chi connectivity index (χ1n) is 11.9.